The molecule has 0 bridgehead atoms. The molecule has 2 rings (SSSR count). The third-order valence-electron chi connectivity index (χ3n) is 2.58. The van der Waals surface area contributed by atoms with E-state index in [0.717, 1.165) is 0 Å². The molecule has 1 aromatic carbocycles. The zero-order chi connectivity index (χ0) is 12.6. The third-order valence-corrected chi connectivity index (χ3v) is 2.81. The summed E-state index contributed by atoms with van der Waals surface area (Å²) in [6, 6.07) is 4.86. The molecule has 1 heterocycles. The number of halogens is 1. The quantitative estimate of drug-likeness (QED) is 0.834. The van der Waals surface area contributed by atoms with E-state index in [2.05, 4.69) is 0 Å². The molecule has 0 spiro atoms. The summed E-state index contributed by atoms with van der Waals surface area (Å²) in [5, 5.41) is 9.91. The van der Waals surface area contributed by atoms with Crippen LogP contribution in [0.5, 0.6) is 0 Å². The van der Waals surface area contributed by atoms with Gasteiger partial charge in [0.25, 0.3) is 0 Å². The number of aryl methyl sites for hydroxylation is 1. The van der Waals surface area contributed by atoms with Crippen LogP contribution >= 0.6 is 11.6 Å². The Hall–Kier alpha value is -1.81. The van der Waals surface area contributed by atoms with Gasteiger partial charge in [0, 0.05) is 10.4 Å². The predicted molar refractivity (Wildman–Crippen MR) is 63.6 cm³/mol. The van der Waals surface area contributed by atoms with Crippen LogP contribution in [-0.4, -0.2) is 11.1 Å². The minimum atomic E-state index is -1.07. The monoisotopic (exact) mass is 252 g/mol. The van der Waals surface area contributed by atoms with Crippen LogP contribution in [0.25, 0.3) is 11.0 Å². The van der Waals surface area contributed by atoms with E-state index in [0.29, 0.717) is 21.6 Å². The molecule has 2 aromatic rings. The molecule has 0 aliphatic heterocycles. The highest BCUT2D eigenvalue weighted by molar-refractivity contribution is 6.31. The number of benzene rings is 1. The second-order valence-electron chi connectivity index (χ2n) is 3.70. The molecule has 0 amide bonds. The van der Waals surface area contributed by atoms with Crippen LogP contribution in [0.1, 0.15) is 11.1 Å². The van der Waals surface area contributed by atoms with Gasteiger partial charge in [0.05, 0.1) is 12.0 Å². The van der Waals surface area contributed by atoms with Gasteiger partial charge in [-0.3, -0.25) is 4.79 Å². The summed E-state index contributed by atoms with van der Waals surface area (Å²) in [7, 11) is 0. The Morgan fingerprint density at radius 2 is 2.18 bits per heavy atom. The van der Waals surface area contributed by atoms with E-state index in [1.165, 1.54) is 0 Å². The fourth-order valence-corrected chi connectivity index (χ4v) is 1.89. The lowest BCUT2D eigenvalue weighted by Crippen LogP contribution is -2.14. The average Bonchev–Trinajstić information content (AvgIpc) is 2.25. The fraction of sp³-hybridized carbons (Fsp3) is 0.167. The topological polar surface area (TPSA) is 67.5 Å². The summed E-state index contributed by atoms with van der Waals surface area (Å²) in [5.41, 5.74) is 0.555. The van der Waals surface area contributed by atoms with E-state index in [1.54, 1.807) is 25.1 Å². The summed E-state index contributed by atoms with van der Waals surface area (Å²) in [6.45, 7) is 1.69. The van der Waals surface area contributed by atoms with Crippen molar-refractivity contribution in [2.45, 2.75) is 13.3 Å². The minimum Gasteiger partial charge on any atom is -0.481 e. The molecule has 17 heavy (non-hydrogen) atoms. The number of hydrogen-bond acceptors (Lipinski definition) is 3. The Morgan fingerprint density at radius 1 is 1.47 bits per heavy atom. The second kappa shape index (κ2) is 4.22. The summed E-state index contributed by atoms with van der Waals surface area (Å²) in [4.78, 5) is 22.3. The first-order valence-electron chi connectivity index (χ1n) is 4.92. The van der Waals surface area contributed by atoms with E-state index in [4.69, 9.17) is 21.1 Å². The second-order valence-corrected chi connectivity index (χ2v) is 4.14. The summed E-state index contributed by atoms with van der Waals surface area (Å²) < 4.78 is 5.05. The first-order chi connectivity index (χ1) is 7.99. The van der Waals surface area contributed by atoms with Gasteiger partial charge < -0.3 is 9.52 Å². The van der Waals surface area contributed by atoms with Crippen LogP contribution in [0.4, 0.5) is 0 Å². The fourth-order valence-electron chi connectivity index (χ4n) is 1.72. The molecule has 0 saturated heterocycles. The molecule has 0 aliphatic carbocycles. The molecule has 88 valence electrons. The number of carboxylic acid groups (broad SMARTS) is 1. The molecule has 0 aliphatic rings. The lowest BCUT2D eigenvalue weighted by atomic mass is 10.0. The van der Waals surface area contributed by atoms with Crippen LogP contribution in [0.15, 0.2) is 27.4 Å². The Morgan fingerprint density at radius 3 is 2.82 bits per heavy atom. The van der Waals surface area contributed by atoms with Crippen LogP contribution in [0, 0.1) is 6.92 Å². The summed E-state index contributed by atoms with van der Waals surface area (Å²) in [6.07, 6.45) is -0.351. The molecule has 0 unspecified atom stereocenters. The van der Waals surface area contributed by atoms with Gasteiger partial charge in [0.2, 0.25) is 0 Å². The lowest BCUT2D eigenvalue weighted by molar-refractivity contribution is -0.136. The van der Waals surface area contributed by atoms with Gasteiger partial charge >= 0.3 is 11.6 Å². The molecule has 4 nitrogen and oxygen atoms in total. The van der Waals surface area contributed by atoms with Crippen LogP contribution in [-0.2, 0) is 11.2 Å². The standard InChI is InChI=1S/C12H9ClO4/c1-6-8-4-7(13)2-3-10(8)17-12(16)9(6)5-11(14)15/h2-4H,5H2,1H3,(H,14,15). The molecule has 0 saturated carbocycles. The van der Waals surface area contributed by atoms with Crippen LogP contribution < -0.4 is 5.63 Å². The Labute approximate surface area is 101 Å². The molecule has 1 aromatic heterocycles. The van der Waals surface area contributed by atoms with Crippen molar-refractivity contribution in [3.63, 3.8) is 0 Å². The minimum absolute atomic E-state index is 0.160. The SMILES string of the molecule is Cc1c(CC(=O)O)c(=O)oc2ccc(Cl)cc12. The van der Waals surface area contributed by atoms with Gasteiger partial charge in [0.1, 0.15) is 5.58 Å². The van der Waals surface area contributed by atoms with Crippen molar-refractivity contribution in [3.8, 4) is 0 Å². The Bertz CT molecular complexity index is 657. The summed E-state index contributed by atoms with van der Waals surface area (Å²) >= 11 is 5.85. The number of fused-ring (bicyclic) bond motifs is 1. The van der Waals surface area contributed by atoms with Crippen molar-refractivity contribution in [3.05, 3.63) is 44.8 Å². The summed E-state index contributed by atoms with van der Waals surface area (Å²) in [5.74, 6) is -1.07. The lowest BCUT2D eigenvalue weighted by Gasteiger charge is -2.05. The molecule has 0 fully saturated rings. The van der Waals surface area contributed by atoms with Crippen molar-refractivity contribution < 1.29 is 14.3 Å². The van der Waals surface area contributed by atoms with E-state index in [1.807, 2.05) is 0 Å². The van der Waals surface area contributed by atoms with Gasteiger partial charge in [0.15, 0.2) is 0 Å². The molecule has 0 atom stereocenters. The third kappa shape index (κ3) is 2.17. The van der Waals surface area contributed by atoms with Crippen LogP contribution in [0.3, 0.4) is 0 Å². The van der Waals surface area contributed by atoms with E-state index < -0.39 is 11.6 Å². The number of hydrogen-bond donors (Lipinski definition) is 1. The number of carbonyl (C=O) groups is 1. The first-order valence-corrected chi connectivity index (χ1v) is 5.30. The first kappa shape index (κ1) is 11.7. The van der Waals surface area contributed by atoms with Crippen LogP contribution in [0.2, 0.25) is 5.02 Å². The largest absolute Gasteiger partial charge is 0.481 e. The van der Waals surface area contributed by atoms with Gasteiger partial charge in [-0.1, -0.05) is 11.6 Å². The average molecular weight is 253 g/mol. The zero-order valence-corrected chi connectivity index (χ0v) is 9.75. The van der Waals surface area contributed by atoms with E-state index in [9.17, 15) is 9.59 Å². The molecular weight excluding hydrogens is 244 g/mol. The Balaban J connectivity index is 2.77. The maximum Gasteiger partial charge on any atom is 0.340 e. The van der Waals surface area contributed by atoms with Crippen molar-refractivity contribution in [2.75, 3.05) is 0 Å². The highest BCUT2D eigenvalue weighted by Gasteiger charge is 2.14. The van der Waals surface area contributed by atoms with E-state index in [-0.39, 0.29) is 12.0 Å². The van der Waals surface area contributed by atoms with Crippen molar-refractivity contribution >= 4 is 28.5 Å². The Kier molecular flexibility index (Phi) is 2.90. The van der Waals surface area contributed by atoms with Crippen molar-refractivity contribution in [1.29, 1.82) is 0 Å². The van der Waals surface area contributed by atoms with E-state index >= 15 is 0 Å². The van der Waals surface area contributed by atoms with Gasteiger partial charge in [-0.05, 0) is 30.7 Å². The molecule has 1 N–H and O–H groups in total. The number of rotatable bonds is 2. The highest BCUT2D eigenvalue weighted by Crippen LogP contribution is 2.23. The van der Waals surface area contributed by atoms with Gasteiger partial charge in [-0.15, -0.1) is 0 Å². The zero-order valence-electron chi connectivity index (χ0n) is 8.99. The molecule has 5 heteroatoms. The van der Waals surface area contributed by atoms with Gasteiger partial charge in [-0.2, -0.15) is 0 Å². The molecule has 0 radical (unpaired) electrons. The highest BCUT2D eigenvalue weighted by atomic mass is 35.5. The van der Waals surface area contributed by atoms with Crippen molar-refractivity contribution in [1.82, 2.24) is 0 Å². The maximum atomic E-state index is 11.6. The normalized spacial score (nSPS) is 10.7. The smallest absolute Gasteiger partial charge is 0.340 e. The van der Waals surface area contributed by atoms with Crippen molar-refractivity contribution in [2.24, 2.45) is 0 Å². The number of carboxylic acids is 1. The van der Waals surface area contributed by atoms with Gasteiger partial charge in [-0.25, -0.2) is 4.79 Å². The predicted octanol–water partition coefficient (Wildman–Crippen LogP) is 2.38. The number of aliphatic carboxylic acids is 1. The molecular formula is C12H9ClO4. The maximum absolute atomic E-state index is 11.6.